The molecule has 164 valence electrons. The van der Waals surface area contributed by atoms with Crippen LogP contribution in [0, 0.1) is 11.8 Å². The van der Waals surface area contributed by atoms with Crippen molar-refractivity contribution in [3.8, 4) is 0 Å². The number of aromatic nitrogens is 4. The zero-order valence-electron chi connectivity index (χ0n) is 18.1. The molecule has 0 spiro atoms. The second-order valence-electron chi connectivity index (χ2n) is 9.37. The van der Waals surface area contributed by atoms with Crippen molar-refractivity contribution in [3.05, 3.63) is 59.4 Å². The van der Waals surface area contributed by atoms with Crippen LogP contribution in [0.3, 0.4) is 0 Å². The molecule has 2 aromatic heterocycles. The van der Waals surface area contributed by atoms with E-state index in [0.29, 0.717) is 22.6 Å². The molecule has 6 rings (SSSR count). The van der Waals surface area contributed by atoms with E-state index in [-0.39, 0.29) is 0 Å². The lowest BCUT2D eigenvalue weighted by Crippen LogP contribution is -2.34. The van der Waals surface area contributed by atoms with Gasteiger partial charge in [-0.2, -0.15) is 4.98 Å². The van der Waals surface area contributed by atoms with E-state index in [0.717, 1.165) is 35.2 Å². The lowest BCUT2D eigenvalue weighted by atomic mass is 9.85. The minimum atomic E-state index is -0.461. The summed E-state index contributed by atoms with van der Waals surface area (Å²) in [6, 6.07) is 14.3. The summed E-state index contributed by atoms with van der Waals surface area (Å²) in [5.74, 6) is 2.37. The Kier molecular flexibility index (Phi) is 4.63. The van der Waals surface area contributed by atoms with Crippen LogP contribution in [0.4, 0.5) is 11.5 Å². The normalized spacial score (nSPS) is 16.7. The number of fused-ring (bicyclic) bond motifs is 3. The zero-order chi connectivity index (χ0) is 21.9. The fourth-order valence-corrected chi connectivity index (χ4v) is 5.24. The van der Waals surface area contributed by atoms with Gasteiger partial charge < -0.3 is 10.0 Å². The van der Waals surface area contributed by atoms with E-state index in [2.05, 4.69) is 39.4 Å². The third-order valence-corrected chi connectivity index (χ3v) is 7.43. The van der Waals surface area contributed by atoms with Crippen LogP contribution in [0.2, 0.25) is 5.02 Å². The van der Waals surface area contributed by atoms with Crippen LogP contribution >= 0.6 is 11.6 Å². The number of aryl methyl sites for hydroxylation is 1. The van der Waals surface area contributed by atoms with Crippen molar-refractivity contribution in [2.24, 2.45) is 11.8 Å². The van der Waals surface area contributed by atoms with Crippen molar-refractivity contribution in [2.75, 3.05) is 11.9 Å². The number of benzene rings is 2. The summed E-state index contributed by atoms with van der Waals surface area (Å²) < 4.78 is 1.85. The topological polar surface area (TPSA) is 66.5 Å². The highest BCUT2D eigenvalue weighted by Crippen LogP contribution is 2.54. The summed E-state index contributed by atoms with van der Waals surface area (Å²) in [4.78, 5) is 6.87. The molecule has 4 aromatic rings. The van der Waals surface area contributed by atoms with Gasteiger partial charge in [0.15, 0.2) is 0 Å². The molecule has 7 heteroatoms. The van der Waals surface area contributed by atoms with Crippen LogP contribution in [-0.4, -0.2) is 37.3 Å². The standard InChI is InChI=1S/C25H26ClN5O/c1-30(23-21-10-9-19(26)14-22(21)31-15-27-29-24(31)28-23)20-4-2-3-16(13-20)11-12-25(32,17-5-6-17)18-7-8-18/h2-4,9-10,13-15,17-18,32H,5-8,11-12H2,1H3. The fraction of sp³-hybridized carbons (Fsp3) is 0.400. The smallest absolute Gasteiger partial charge is 0.257 e. The van der Waals surface area contributed by atoms with Crippen LogP contribution in [0.1, 0.15) is 37.7 Å². The van der Waals surface area contributed by atoms with Gasteiger partial charge in [-0.25, -0.2) is 0 Å². The Morgan fingerprint density at radius 2 is 1.91 bits per heavy atom. The largest absolute Gasteiger partial charge is 0.389 e. The van der Waals surface area contributed by atoms with Crippen LogP contribution in [0.25, 0.3) is 16.7 Å². The first-order valence-corrected chi connectivity index (χ1v) is 11.7. The first kappa shape index (κ1) is 19.9. The lowest BCUT2D eigenvalue weighted by Gasteiger charge is -2.28. The molecule has 0 unspecified atom stereocenters. The van der Waals surface area contributed by atoms with Gasteiger partial charge in [0.05, 0.1) is 11.1 Å². The summed E-state index contributed by atoms with van der Waals surface area (Å²) in [7, 11) is 2.02. The maximum atomic E-state index is 11.3. The van der Waals surface area contributed by atoms with Crippen molar-refractivity contribution in [1.82, 2.24) is 19.6 Å². The Bertz CT molecular complexity index is 1300. The zero-order valence-corrected chi connectivity index (χ0v) is 18.8. The van der Waals surface area contributed by atoms with Gasteiger partial charge in [0.25, 0.3) is 5.78 Å². The quantitative estimate of drug-likeness (QED) is 0.422. The summed E-state index contributed by atoms with van der Waals surface area (Å²) in [5, 5.41) is 21.1. The van der Waals surface area contributed by atoms with E-state index in [1.54, 1.807) is 6.33 Å². The molecule has 0 aliphatic heterocycles. The van der Waals surface area contributed by atoms with Crippen LogP contribution < -0.4 is 4.90 Å². The van der Waals surface area contributed by atoms with Crippen LogP contribution in [-0.2, 0) is 6.42 Å². The van der Waals surface area contributed by atoms with E-state index in [1.165, 1.54) is 31.2 Å². The van der Waals surface area contributed by atoms with Gasteiger partial charge in [-0.1, -0.05) is 23.7 Å². The van der Waals surface area contributed by atoms with E-state index in [9.17, 15) is 5.11 Å². The molecular formula is C25H26ClN5O. The number of anilines is 2. The molecule has 1 N–H and O–H groups in total. The van der Waals surface area contributed by atoms with Gasteiger partial charge >= 0.3 is 0 Å². The highest BCUT2D eigenvalue weighted by Gasteiger charge is 2.52. The number of rotatable bonds is 7. The molecule has 2 aromatic carbocycles. The van der Waals surface area contributed by atoms with Gasteiger partial charge in [0.2, 0.25) is 0 Å². The number of halogens is 1. The molecule has 0 bridgehead atoms. The summed E-state index contributed by atoms with van der Waals surface area (Å²) in [5.41, 5.74) is 2.75. The first-order chi connectivity index (χ1) is 15.5. The molecule has 2 saturated carbocycles. The third kappa shape index (κ3) is 3.42. The van der Waals surface area contributed by atoms with E-state index in [4.69, 9.17) is 16.6 Å². The minimum Gasteiger partial charge on any atom is -0.389 e. The summed E-state index contributed by atoms with van der Waals surface area (Å²) >= 11 is 6.27. The van der Waals surface area contributed by atoms with Crippen molar-refractivity contribution in [2.45, 2.75) is 44.1 Å². The van der Waals surface area contributed by atoms with E-state index in [1.807, 2.05) is 29.6 Å². The Hall–Kier alpha value is -2.70. The number of nitrogens with zero attached hydrogens (tertiary/aromatic N) is 5. The SMILES string of the molecule is CN(c1cccc(CCC(O)(C2CC2)C2CC2)c1)c1nc2nncn2c2cc(Cl)ccc12. The molecule has 2 fully saturated rings. The maximum Gasteiger partial charge on any atom is 0.257 e. The maximum absolute atomic E-state index is 11.3. The average Bonchev–Trinajstić information content (AvgIpc) is 3.73. The van der Waals surface area contributed by atoms with Gasteiger partial charge in [0, 0.05) is 23.1 Å². The molecule has 2 aliphatic rings. The molecule has 0 amide bonds. The molecule has 32 heavy (non-hydrogen) atoms. The molecular weight excluding hydrogens is 422 g/mol. The Labute approximate surface area is 191 Å². The minimum absolute atomic E-state index is 0.461. The van der Waals surface area contributed by atoms with Crippen molar-refractivity contribution in [3.63, 3.8) is 0 Å². The Morgan fingerprint density at radius 3 is 2.66 bits per heavy atom. The monoisotopic (exact) mass is 447 g/mol. The van der Waals surface area contributed by atoms with Crippen molar-refractivity contribution < 1.29 is 5.11 Å². The average molecular weight is 448 g/mol. The van der Waals surface area contributed by atoms with Gasteiger partial charge in [-0.3, -0.25) is 4.40 Å². The predicted molar refractivity (Wildman–Crippen MR) is 127 cm³/mol. The number of aliphatic hydroxyl groups is 1. The van der Waals surface area contributed by atoms with E-state index < -0.39 is 5.60 Å². The highest BCUT2D eigenvalue weighted by molar-refractivity contribution is 6.31. The van der Waals surface area contributed by atoms with Gasteiger partial charge in [-0.15, -0.1) is 10.2 Å². The highest BCUT2D eigenvalue weighted by atomic mass is 35.5. The Morgan fingerprint density at radius 1 is 1.12 bits per heavy atom. The summed E-state index contributed by atoms with van der Waals surface area (Å²) in [6.45, 7) is 0. The predicted octanol–water partition coefficient (Wildman–Crippen LogP) is 5.18. The van der Waals surface area contributed by atoms with Crippen molar-refractivity contribution >= 4 is 39.8 Å². The fourth-order valence-electron chi connectivity index (χ4n) is 5.07. The van der Waals surface area contributed by atoms with Gasteiger partial charge in [0.1, 0.15) is 12.1 Å². The van der Waals surface area contributed by atoms with Crippen LogP contribution in [0.5, 0.6) is 0 Å². The second-order valence-corrected chi connectivity index (χ2v) is 9.80. The summed E-state index contributed by atoms with van der Waals surface area (Å²) in [6.07, 6.45) is 8.13. The molecule has 0 saturated heterocycles. The molecule has 2 heterocycles. The van der Waals surface area contributed by atoms with Crippen LogP contribution in [0.15, 0.2) is 48.8 Å². The lowest BCUT2D eigenvalue weighted by molar-refractivity contribution is -0.0126. The molecule has 2 aliphatic carbocycles. The van der Waals surface area contributed by atoms with Gasteiger partial charge in [-0.05, 0) is 86.3 Å². The second kappa shape index (κ2) is 7.42. The van der Waals surface area contributed by atoms with E-state index >= 15 is 0 Å². The molecule has 0 radical (unpaired) electrons. The molecule has 6 nitrogen and oxygen atoms in total. The van der Waals surface area contributed by atoms with Crippen molar-refractivity contribution in [1.29, 1.82) is 0 Å². The third-order valence-electron chi connectivity index (χ3n) is 7.19. The first-order valence-electron chi connectivity index (χ1n) is 11.4. The molecule has 0 atom stereocenters. The number of hydrogen-bond donors (Lipinski definition) is 1. The number of hydrogen-bond acceptors (Lipinski definition) is 5. The Balaban J connectivity index is 1.32.